The first-order valence-corrected chi connectivity index (χ1v) is 5.93. The first kappa shape index (κ1) is 10.4. The molecule has 1 aliphatic heterocycles. The molecule has 0 saturated heterocycles. The van der Waals surface area contributed by atoms with Gasteiger partial charge in [0.25, 0.3) is 0 Å². The zero-order chi connectivity index (χ0) is 11.1. The van der Waals surface area contributed by atoms with Crippen LogP contribution >= 0.6 is 11.6 Å². The molecule has 0 amide bonds. The molecule has 0 radical (unpaired) electrons. The van der Waals surface area contributed by atoms with Crippen molar-refractivity contribution in [2.45, 2.75) is 6.04 Å². The van der Waals surface area contributed by atoms with Crippen LogP contribution in [0, 0.1) is 0 Å². The molecule has 5 nitrogen and oxygen atoms in total. The van der Waals surface area contributed by atoms with E-state index in [0.717, 1.165) is 0 Å². The molecule has 0 fully saturated rings. The summed E-state index contributed by atoms with van der Waals surface area (Å²) in [4.78, 5) is 0. The molecule has 1 aromatic rings. The summed E-state index contributed by atoms with van der Waals surface area (Å²) >= 11 is 5.78. The first-order chi connectivity index (χ1) is 6.98. The van der Waals surface area contributed by atoms with E-state index in [2.05, 4.69) is 9.12 Å². The van der Waals surface area contributed by atoms with E-state index in [9.17, 15) is 8.42 Å². The van der Waals surface area contributed by atoms with Gasteiger partial charge in [0.2, 0.25) is 0 Å². The molecule has 0 bridgehead atoms. The minimum Gasteiger partial charge on any atom is -0.385 e. The van der Waals surface area contributed by atoms with Gasteiger partial charge in [0, 0.05) is 5.02 Å². The molecule has 0 spiro atoms. The molecule has 0 aliphatic carbocycles. The summed E-state index contributed by atoms with van der Waals surface area (Å²) in [5.41, 5.74) is 6.17. The number of amidine groups is 1. The van der Waals surface area contributed by atoms with Gasteiger partial charge in [-0.15, -0.1) is 4.40 Å². The molecule has 7 heteroatoms. The summed E-state index contributed by atoms with van der Waals surface area (Å²) in [5, 5.41) is 0.520. The van der Waals surface area contributed by atoms with Gasteiger partial charge in [0.1, 0.15) is 11.9 Å². The topological polar surface area (TPSA) is 84.5 Å². The SMILES string of the molecule is NC1=NS(=O)(=O)N[C@@H]1c1cccc(Cl)c1. The molecular weight excluding hydrogens is 238 g/mol. The maximum atomic E-state index is 11.1. The van der Waals surface area contributed by atoms with Crippen molar-refractivity contribution in [3.63, 3.8) is 0 Å². The van der Waals surface area contributed by atoms with E-state index in [1.807, 2.05) is 0 Å². The Morgan fingerprint density at radius 3 is 2.73 bits per heavy atom. The Bertz CT molecular complexity index is 526. The fourth-order valence-corrected chi connectivity index (χ4v) is 2.54. The van der Waals surface area contributed by atoms with Gasteiger partial charge in [-0.1, -0.05) is 23.7 Å². The van der Waals surface area contributed by atoms with E-state index in [1.54, 1.807) is 24.3 Å². The third-order valence-electron chi connectivity index (χ3n) is 1.97. The van der Waals surface area contributed by atoms with Gasteiger partial charge in [-0.05, 0) is 17.7 Å². The van der Waals surface area contributed by atoms with Crippen LogP contribution in [-0.4, -0.2) is 14.3 Å². The second-order valence-electron chi connectivity index (χ2n) is 3.10. The molecule has 1 aliphatic rings. The van der Waals surface area contributed by atoms with Crippen molar-refractivity contribution in [1.29, 1.82) is 0 Å². The van der Waals surface area contributed by atoms with Crippen LogP contribution in [0.4, 0.5) is 0 Å². The van der Waals surface area contributed by atoms with Gasteiger partial charge in [0.15, 0.2) is 0 Å². The quantitative estimate of drug-likeness (QED) is 0.759. The summed E-state index contributed by atoms with van der Waals surface area (Å²) in [6, 6.07) is 6.17. The van der Waals surface area contributed by atoms with Crippen LogP contribution in [0.5, 0.6) is 0 Å². The summed E-state index contributed by atoms with van der Waals surface area (Å²) in [5.74, 6) is 0.0252. The first-order valence-electron chi connectivity index (χ1n) is 4.11. The average Bonchev–Trinajstić information content (AvgIpc) is 2.40. The van der Waals surface area contributed by atoms with E-state index >= 15 is 0 Å². The molecular formula is C8H8ClN3O2S. The van der Waals surface area contributed by atoms with Crippen LogP contribution in [0.2, 0.25) is 5.02 Å². The fourth-order valence-electron chi connectivity index (χ4n) is 1.35. The number of hydrogen-bond acceptors (Lipinski definition) is 3. The third-order valence-corrected chi connectivity index (χ3v) is 3.19. The molecule has 1 aromatic carbocycles. The summed E-state index contributed by atoms with van der Waals surface area (Å²) in [7, 11) is -3.64. The monoisotopic (exact) mass is 245 g/mol. The van der Waals surface area contributed by atoms with E-state index in [4.69, 9.17) is 17.3 Å². The van der Waals surface area contributed by atoms with Crippen molar-refractivity contribution >= 4 is 27.6 Å². The van der Waals surface area contributed by atoms with Crippen LogP contribution in [-0.2, 0) is 10.2 Å². The van der Waals surface area contributed by atoms with Crippen molar-refractivity contribution < 1.29 is 8.42 Å². The van der Waals surface area contributed by atoms with Crippen molar-refractivity contribution in [1.82, 2.24) is 4.72 Å². The van der Waals surface area contributed by atoms with Crippen molar-refractivity contribution in [3.05, 3.63) is 34.9 Å². The minimum absolute atomic E-state index is 0.0252. The molecule has 2 rings (SSSR count). The van der Waals surface area contributed by atoms with Crippen LogP contribution in [0.1, 0.15) is 11.6 Å². The zero-order valence-electron chi connectivity index (χ0n) is 7.51. The number of benzene rings is 1. The van der Waals surface area contributed by atoms with Gasteiger partial charge < -0.3 is 5.73 Å². The largest absolute Gasteiger partial charge is 0.385 e. The smallest absolute Gasteiger partial charge is 0.322 e. The highest BCUT2D eigenvalue weighted by molar-refractivity contribution is 7.88. The Balaban J connectivity index is 2.40. The molecule has 1 heterocycles. The van der Waals surface area contributed by atoms with Gasteiger partial charge in [-0.2, -0.15) is 13.1 Å². The van der Waals surface area contributed by atoms with Crippen LogP contribution < -0.4 is 10.5 Å². The summed E-state index contributed by atoms with van der Waals surface area (Å²) < 4.78 is 27.8. The highest BCUT2D eigenvalue weighted by atomic mass is 35.5. The van der Waals surface area contributed by atoms with Crippen molar-refractivity contribution in [3.8, 4) is 0 Å². The predicted molar refractivity (Wildman–Crippen MR) is 57.9 cm³/mol. The van der Waals surface area contributed by atoms with E-state index in [1.165, 1.54) is 0 Å². The van der Waals surface area contributed by atoms with Crippen LogP contribution in [0.3, 0.4) is 0 Å². The lowest BCUT2D eigenvalue weighted by molar-refractivity contribution is 0.585. The lowest BCUT2D eigenvalue weighted by atomic mass is 10.1. The number of halogens is 1. The maximum absolute atomic E-state index is 11.1. The second-order valence-corrected chi connectivity index (χ2v) is 4.90. The number of nitrogens with two attached hydrogens (primary N) is 1. The molecule has 15 heavy (non-hydrogen) atoms. The number of nitrogens with zero attached hydrogens (tertiary/aromatic N) is 1. The van der Waals surface area contributed by atoms with E-state index in [0.29, 0.717) is 10.6 Å². The fraction of sp³-hybridized carbons (Fsp3) is 0.125. The van der Waals surface area contributed by atoms with E-state index in [-0.39, 0.29) is 5.84 Å². The third kappa shape index (κ3) is 2.11. The Kier molecular flexibility index (Phi) is 2.41. The normalized spacial score (nSPS) is 23.8. The van der Waals surface area contributed by atoms with Gasteiger partial charge in [0.05, 0.1) is 0 Å². The standard InChI is InChI=1S/C8H8ClN3O2S/c9-6-3-1-2-5(4-6)7-8(10)12-15(13,14)11-7/h1-4,7,11H,(H2,10,12)/t7-/m1/s1. The average molecular weight is 246 g/mol. The molecule has 0 aromatic heterocycles. The van der Waals surface area contributed by atoms with Crippen molar-refractivity contribution in [2.24, 2.45) is 10.1 Å². The Morgan fingerprint density at radius 2 is 2.20 bits per heavy atom. The van der Waals surface area contributed by atoms with Crippen LogP contribution in [0.25, 0.3) is 0 Å². The lowest BCUT2D eigenvalue weighted by Crippen LogP contribution is -2.28. The highest BCUT2D eigenvalue weighted by Crippen LogP contribution is 2.22. The van der Waals surface area contributed by atoms with Crippen molar-refractivity contribution in [2.75, 3.05) is 0 Å². The maximum Gasteiger partial charge on any atom is 0.322 e. The predicted octanol–water partition coefficient (Wildman–Crippen LogP) is 0.586. The Morgan fingerprint density at radius 1 is 1.47 bits per heavy atom. The second kappa shape index (κ2) is 3.48. The molecule has 0 saturated carbocycles. The Labute approximate surface area is 92.1 Å². The number of rotatable bonds is 1. The number of nitrogens with one attached hydrogen (secondary N) is 1. The molecule has 80 valence electrons. The molecule has 1 atom stereocenters. The van der Waals surface area contributed by atoms with Gasteiger partial charge in [-0.3, -0.25) is 0 Å². The molecule has 3 N–H and O–H groups in total. The highest BCUT2D eigenvalue weighted by Gasteiger charge is 2.29. The van der Waals surface area contributed by atoms with Gasteiger partial charge >= 0.3 is 10.2 Å². The Hall–Kier alpha value is -1.11. The number of hydrogen-bond donors (Lipinski definition) is 2. The van der Waals surface area contributed by atoms with E-state index < -0.39 is 16.3 Å². The summed E-state index contributed by atoms with van der Waals surface area (Å²) in [6.07, 6.45) is 0. The van der Waals surface area contributed by atoms with Gasteiger partial charge in [-0.25, -0.2) is 0 Å². The zero-order valence-corrected chi connectivity index (χ0v) is 9.09. The molecule has 0 unspecified atom stereocenters. The lowest BCUT2D eigenvalue weighted by Gasteiger charge is -2.09. The van der Waals surface area contributed by atoms with Crippen LogP contribution in [0.15, 0.2) is 28.7 Å². The minimum atomic E-state index is -3.64. The summed E-state index contributed by atoms with van der Waals surface area (Å²) in [6.45, 7) is 0.